The van der Waals surface area contributed by atoms with Crippen molar-refractivity contribution in [3.63, 3.8) is 0 Å². The van der Waals surface area contributed by atoms with Gasteiger partial charge in [-0.25, -0.2) is 0 Å². The quantitative estimate of drug-likeness (QED) is 0.544. The monoisotopic (exact) mass is 139 g/mol. The van der Waals surface area contributed by atoms with E-state index in [9.17, 15) is 0 Å². The summed E-state index contributed by atoms with van der Waals surface area (Å²) in [6.45, 7) is 0. The second-order valence-corrected chi connectivity index (χ2v) is 2.17. The lowest BCUT2D eigenvalue weighted by Crippen LogP contribution is -1.79. The van der Waals surface area contributed by atoms with Crippen LogP contribution in [-0.2, 0) is 0 Å². The molecule has 0 saturated carbocycles. The Bertz CT molecular complexity index is 235. The maximum Gasteiger partial charge on any atom is 0.274 e. The zero-order valence-electron chi connectivity index (χ0n) is 4.92. The third-order valence-corrected chi connectivity index (χ3v) is 1.61. The molecule has 1 aromatic heterocycles. The first kappa shape index (κ1) is 6.12. The summed E-state index contributed by atoms with van der Waals surface area (Å²) in [5.74, 6) is 2.40. The second kappa shape index (κ2) is 2.51. The fraction of sp³-hybridized carbons (Fsp3) is 0.167. The van der Waals surface area contributed by atoms with Gasteiger partial charge in [-0.3, -0.25) is 0 Å². The summed E-state index contributed by atoms with van der Waals surface area (Å²) in [5.41, 5.74) is 0.636. The van der Waals surface area contributed by atoms with Crippen molar-refractivity contribution in [3.05, 3.63) is 11.1 Å². The Morgan fingerprint density at radius 3 is 3.00 bits per heavy atom. The Morgan fingerprint density at radius 2 is 2.67 bits per heavy atom. The van der Waals surface area contributed by atoms with Gasteiger partial charge >= 0.3 is 0 Å². The molecule has 1 heterocycles. The fourth-order valence-electron chi connectivity index (χ4n) is 0.417. The first-order valence-electron chi connectivity index (χ1n) is 2.33. The number of terminal acetylenes is 1. The number of thiazole rings is 1. The number of methoxy groups -OCH3 is 1. The van der Waals surface area contributed by atoms with Crippen LogP contribution < -0.4 is 4.74 Å². The Balaban J connectivity index is 2.90. The summed E-state index contributed by atoms with van der Waals surface area (Å²) in [7, 11) is 1.57. The highest BCUT2D eigenvalue weighted by Gasteiger charge is 1.95. The Kier molecular flexibility index (Phi) is 1.71. The van der Waals surface area contributed by atoms with Gasteiger partial charge in [0.25, 0.3) is 5.19 Å². The van der Waals surface area contributed by atoms with Gasteiger partial charge in [-0.1, -0.05) is 11.3 Å². The Morgan fingerprint density at radius 1 is 1.89 bits per heavy atom. The van der Waals surface area contributed by atoms with E-state index in [4.69, 9.17) is 11.2 Å². The van der Waals surface area contributed by atoms with E-state index in [2.05, 4.69) is 10.9 Å². The smallest absolute Gasteiger partial charge is 0.274 e. The van der Waals surface area contributed by atoms with Crippen LogP contribution >= 0.6 is 11.3 Å². The van der Waals surface area contributed by atoms with Crippen molar-refractivity contribution in [1.82, 2.24) is 4.98 Å². The van der Waals surface area contributed by atoms with Gasteiger partial charge in [-0.2, -0.15) is 4.98 Å². The molecule has 46 valence electrons. The predicted octanol–water partition coefficient (Wildman–Crippen LogP) is 1.13. The Labute approximate surface area is 57.5 Å². The van der Waals surface area contributed by atoms with Gasteiger partial charge in [0.2, 0.25) is 0 Å². The third kappa shape index (κ3) is 1.21. The van der Waals surface area contributed by atoms with Gasteiger partial charge in [-0.05, 0) is 5.92 Å². The summed E-state index contributed by atoms with van der Waals surface area (Å²) in [6, 6.07) is 0. The molecule has 1 aromatic rings. The fourth-order valence-corrected chi connectivity index (χ4v) is 0.998. The standard InChI is InChI=1S/C6H5NOS/c1-3-5-4-9-6(7-5)8-2/h1,4H,2H3. The number of aromatic nitrogens is 1. The Hall–Kier alpha value is -1.01. The van der Waals surface area contributed by atoms with Crippen LogP contribution in [0.3, 0.4) is 0 Å². The minimum absolute atomic E-state index is 0.614. The first-order chi connectivity index (χ1) is 4.36. The van der Waals surface area contributed by atoms with Gasteiger partial charge < -0.3 is 4.74 Å². The first-order valence-corrected chi connectivity index (χ1v) is 3.21. The lowest BCUT2D eigenvalue weighted by Gasteiger charge is -1.85. The summed E-state index contributed by atoms with van der Waals surface area (Å²) in [5, 5.41) is 2.39. The second-order valence-electron chi connectivity index (χ2n) is 1.35. The maximum absolute atomic E-state index is 5.06. The summed E-state index contributed by atoms with van der Waals surface area (Å²) in [4.78, 5) is 3.91. The van der Waals surface area contributed by atoms with E-state index in [1.807, 2.05) is 0 Å². The highest BCUT2D eigenvalue weighted by Crippen LogP contribution is 2.15. The lowest BCUT2D eigenvalue weighted by molar-refractivity contribution is 0.411. The van der Waals surface area contributed by atoms with Gasteiger partial charge in [-0.15, -0.1) is 6.42 Å². The van der Waals surface area contributed by atoms with Crippen molar-refractivity contribution in [2.24, 2.45) is 0 Å². The van der Waals surface area contributed by atoms with Crippen molar-refractivity contribution >= 4 is 11.3 Å². The molecule has 0 aliphatic carbocycles. The average Bonchev–Trinajstić information content (AvgIpc) is 2.34. The molecule has 0 aromatic carbocycles. The van der Waals surface area contributed by atoms with E-state index in [1.54, 1.807) is 12.5 Å². The predicted molar refractivity (Wildman–Crippen MR) is 36.6 cm³/mol. The van der Waals surface area contributed by atoms with Gasteiger partial charge in [0, 0.05) is 5.38 Å². The van der Waals surface area contributed by atoms with Crippen molar-refractivity contribution in [1.29, 1.82) is 0 Å². The molecule has 9 heavy (non-hydrogen) atoms. The van der Waals surface area contributed by atoms with Crippen LogP contribution in [-0.4, -0.2) is 12.1 Å². The van der Waals surface area contributed by atoms with Gasteiger partial charge in [0.1, 0.15) is 5.69 Å². The molecule has 0 unspecified atom stereocenters. The molecule has 0 fully saturated rings. The largest absolute Gasteiger partial charge is 0.473 e. The highest BCUT2D eigenvalue weighted by molar-refractivity contribution is 7.11. The van der Waals surface area contributed by atoms with Crippen LogP contribution in [0.4, 0.5) is 0 Å². The molecule has 0 N–H and O–H groups in total. The van der Waals surface area contributed by atoms with Crippen molar-refractivity contribution < 1.29 is 4.74 Å². The SMILES string of the molecule is C#Cc1csc(OC)n1. The minimum atomic E-state index is 0.614. The number of hydrogen-bond donors (Lipinski definition) is 0. The van der Waals surface area contributed by atoms with Crippen LogP contribution in [0.2, 0.25) is 0 Å². The molecule has 0 spiro atoms. The van der Waals surface area contributed by atoms with Crippen LogP contribution in [0.25, 0.3) is 0 Å². The van der Waals surface area contributed by atoms with Crippen molar-refractivity contribution in [3.8, 4) is 17.5 Å². The summed E-state index contributed by atoms with van der Waals surface area (Å²) < 4.78 is 4.81. The van der Waals surface area contributed by atoms with Crippen LogP contribution in [0.15, 0.2) is 5.38 Å². The number of rotatable bonds is 1. The maximum atomic E-state index is 5.06. The van der Waals surface area contributed by atoms with E-state index in [-0.39, 0.29) is 0 Å². The van der Waals surface area contributed by atoms with E-state index < -0.39 is 0 Å². The summed E-state index contributed by atoms with van der Waals surface area (Å²) in [6.07, 6.45) is 5.06. The number of nitrogens with zero attached hydrogens (tertiary/aromatic N) is 1. The zero-order valence-corrected chi connectivity index (χ0v) is 5.73. The number of hydrogen-bond acceptors (Lipinski definition) is 3. The van der Waals surface area contributed by atoms with E-state index >= 15 is 0 Å². The molecule has 2 nitrogen and oxygen atoms in total. The molecule has 0 aliphatic rings. The topological polar surface area (TPSA) is 22.1 Å². The average molecular weight is 139 g/mol. The molecular weight excluding hydrogens is 134 g/mol. The molecular formula is C6H5NOS. The molecule has 0 radical (unpaired) electrons. The summed E-state index contributed by atoms with van der Waals surface area (Å²) >= 11 is 1.40. The minimum Gasteiger partial charge on any atom is -0.473 e. The molecule has 0 aliphatic heterocycles. The molecule has 1 rings (SSSR count). The van der Waals surface area contributed by atoms with Crippen LogP contribution in [0, 0.1) is 12.3 Å². The lowest BCUT2D eigenvalue weighted by atomic mass is 10.5. The van der Waals surface area contributed by atoms with E-state index in [1.165, 1.54) is 11.3 Å². The van der Waals surface area contributed by atoms with Crippen LogP contribution in [0.5, 0.6) is 5.19 Å². The molecule has 0 bridgehead atoms. The van der Waals surface area contributed by atoms with Gasteiger partial charge in [0.15, 0.2) is 0 Å². The zero-order chi connectivity index (χ0) is 6.69. The van der Waals surface area contributed by atoms with Gasteiger partial charge in [0.05, 0.1) is 7.11 Å². The number of ether oxygens (including phenoxy) is 1. The van der Waals surface area contributed by atoms with E-state index in [0.717, 1.165) is 0 Å². The molecule has 0 saturated heterocycles. The van der Waals surface area contributed by atoms with Crippen LogP contribution in [0.1, 0.15) is 5.69 Å². The van der Waals surface area contributed by atoms with E-state index in [0.29, 0.717) is 10.9 Å². The molecule has 0 amide bonds. The van der Waals surface area contributed by atoms with Crippen molar-refractivity contribution in [2.75, 3.05) is 7.11 Å². The highest BCUT2D eigenvalue weighted by atomic mass is 32.1. The van der Waals surface area contributed by atoms with Crippen molar-refractivity contribution in [2.45, 2.75) is 0 Å². The molecule has 3 heteroatoms. The third-order valence-electron chi connectivity index (χ3n) is 0.806. The normalized spacial score (nSPS) is 8.44. The molecule has 0 atom stereocenters.